The number of carbonyl (C=O) groups excluding carboxylic acids is 2. The van der Waals surface area contributed by atoms with E-state index in [-0.39, 0.29) is 17.7 Å². The molecule has 1 aromatic heterocycles. The summed E-state index contributed by atoms with van der Waals surface area (Å²) in [4.78, 5) is 34.1. The van der Waals surface area contributed by atoms with Crippen molar-refractivity contribution in [2.45, 2.75) is 45.2 Å². The predicted octanol–water partition coefficient (Wildman–Crippen LogP) is 3.92. The molecule has 0 radical (unpaired) electrons. The van der Waals surface area contributed by atoms with Crippen LogP contribution in [0.1, 0.15) is 60.0 Å². The number of likely N-dealkylation sites (tertiary alicyclic amines) is 1. The Bertz CT molecular complexity index is 1320. The molecular weight excluding hydrogens is 456 g/mol. The fraction of sp³-hybridized carbons (Fsp3) is 0.370. The first-order valence-corrected chi connectivity index (χ1v) is 12.3. The van der Waals surface area contributed by atoms with Gasteiger partial charge in [-0.05, 0) is 44.4 Å². The lowest BCUT2D eigenvalue weighted by molar-refractivity contribution is -0.136. The molecule has 1 fully saturated rings. The molecular formula is C27H30N6O3. The molecule has 0 saturated carbocycles. The molecule has 0 bridgehead atoms. The van der Waals surface area contributed by atoms with Gasteiger partial charge in [0.1, 0.15) is 6.04 Å². The highest BCUT2D eigenvalue weighted by atomic mass is 16.5. The highest BCUT2D eigenvalue weighted by Gasteiger charge is 2.37. The maximum absolute atomic E-state index is 13.2. The molecule has 9 nitrogen and oxygen atoms in total. The van der Waals surface area contributed by atoms with Gasteiger partial charge in [-0.3, -0.25) is 9.59 Å². The number of nitrogens with one attached hydrogen (secondary N) is 2. The first-order valence-electron chi connectivity index (χ1n) is 12.3. The molecule has 2 amide bonds. The minimum atomic E-state index is -0.509. The van der Waals surface area contributed by atoms with Gasteiger partial charge >= 0.3 is 0 Å². The minimum absolute atomic E-state index is 0.0259. The number of hydrogen-bond acceptors (Lipinski definition) is 7. The first kappa shape index (κ1) is 23.7. The van der Waals surface area contributed by atoms with Crippen LogP contribution in [0, 0.1) is 5.41 Å². The van der Waals surface area contributed by atoms with E-state index in [1.54, 1.807) is 11.8 Å². The van der Waals surface area contributed by atoms with E-state index in [4.69, 9.17) is 9.93 Å². The van der Waals surface area contributed by atoms with Gasteiger partial charge in [0.2, 0.25) is 17.6 Å². The molecule has 2 N–H and O–H groups in total. The molecule has 0 aliphatic carbocycles. The summed E-state index contributed by atoms with van der Waals surface area (Å²) in [5.74, 6) is 1.06. The second kappa shape index (κ2) is 9.56. The summed E-state index contributed by atoms with van der Waals surface area (Å²) in [7, 11) is 1.82. The highest BCUT2D eigenvalue weighted by molar-refractivity contribution is 6.02. The van der Waals surface area contributed by atoms with Crippen molar-refractivity contribution < 1.29 is 14.1 Å². The Hall–Kier alpha value is -4.01. The number of amides is 2. The molecule has 0 spiro atoms. The van der Waals surface area contributed by atoms with E-state index in [0.717, 1.165) is 35.2 Å². The van der Waals surface area contributed by atoms with Crippen LogP contribution in [0.2, 0.25) is 0 Å². The lowest BCUT2D eigenvalue weighted by Gasteiger charge is -2.34. The SMILES string of the molecule is CNc1cc(-c2noc(C3CCN(C(=O)C(C)N4Cc5ccccc5C4=O)CC3)n2)ccc1C(C)=N. The third kappa shape index (κ3) is 4.25. The topological polar surface area (TPSA) is 115 Å². The first-order chi connectivity index (χ1) is 17.4. The van der Waals surface area contributed by atoms with Crippen LogP contribution in [0.5, 0.6) is 0 Å². The van der Waals surface area contributed by atoms with Crippen molar-refractivity contribution in [2.24, 2.45) is 0 Å². The number of fused-ring (bicyclic) bond motifs is 1. The molecule has 186 valence electrons. The van der Waals surface area contributed by atoms with E-state index >= 15 is 0 Å². The number of carbonyl (C=O) groups is 2. The zero-order chi connectivity index (χ0) is 25.4. The smallest absolute Gasteiger partial charge is 0.255 e. The molecule has 3 aromatic rings. The van der Waals surface area contributed by atoms with Crippen LogP contribution in [0.3, 0.4) is 0 Å². The lowest BCUT2D eigenvalue weighted by Crippen LogP contribution is -2.49. The van der Waals surface area contributed by atoms with Crippen LogP contribution in [0.4, 0.5) is 5.69 Å². The Labute approximate surface area is 210 Å². The normalized spacial score (nSPS) is 16.7. The maximum atomic E-state index is 13.2. The van der Waals surface area contributed by atoms with Gasteiger partial charge < -0.3 is 25.0 Å². The van der Waals surface area contributed by atoms with Crippen LogP contribution in [0.25, 0.3) is 11.4 Å². The molecule has 9 heteroatoms. The molecule has 1 saturated heterocycles. The summed E-state index contributed by atoms with van der Waals surface area (Å²) >= 11 is 0. The average Bonchev–Trinajstić information content (AvgIpc) is 3.53. The summed E-state index contributed by atoms with van der Waals surface area (Å²) in [5.41, 5.74) is 4.62. The van der Waals surface area contributed by atoms with E-state index < -0.39 is 6.04 Å². The van der Waals surface area contributed by atoms with Gasteiger partial charge in [-0.25, -0.2) is 0 Å². The third-order valence-electron chi connectivity index (χ3n) is 7.22. The Kier molecular flexibility index (Phi) is 6.30. The minimum Gasteiger partial charge on any atom is -0.388 e. The van der Waals surface area contributed by atoms with E-state index in [0.29, 0.717) is 42.6 Å². The standard InChI is InChI=1S/C27H30N6O3/c1-16(28)21-9-8-19(14-23(21)29-3)24-30-25(36-31-24)18-10-12-32(13-11-18)26(34)17(2)33-15-20-6-4-5-7-22(20)27(33)35/h4-9,14,17-18,28-29H,10-13,15H2,1-3H3. The summed E-state index contributed by atoms with van der Waals surface area (Å²) in [6, 6.07) is 12.7. The highest BCUT2D eigenvalue weighted by Crippen LogP contribution is 2.31. The fourth-order valence-corrected chi connectivity index (χ4v) is 5.07. The Morgan fingerprint density at radius 3 is 2.64 bits per heavy atom. The molecule has 36 heavy (non-hydrogen) atoms. The van der Waals surface area contributed by atoms with Gasteiger partial charge in [0.05, 0.1) is 0 Å². The van der Waals surface area contributed by atoms with Gasteiger partial charge in [-0.2, -0.15) is 4.98 Å². The molecule has 2 aliphatic rings. The average molecular weight is 487 g/mol. The molecule has 1 unspecified atom stereocenters. The van der Waals surface area contributed by atoms with E-state index in [9.17, 15) is 9.59 Å². The van der Waals surface area contributed by atoms with Crippen molar-refractivity contribution in [1.29, 1.82) is 5.41 Å². The summed E-state index contributed by atoms with van der Waals surface area (Å²) < 4.78 is 5.60. The number of piperidine rings is 1. The van der Waals surface area contributed by atoms with Gasteiger partial charge in [0.15, 0.2) is 0 Å². The Balaban J connectivity index is 1.21. The maximum Gasteiger partial charge on any atom is 0.255 e. The fourth-order valence-electron chi connectivity index (χ4n) is 5.07. The van der Waals surface area contributed by atoms with Crippen LogP contribution in [-0.2, 0) is 11.3 Å². The van der Waals surface area contributed by atoms with E-state index in [1.165, 1.54) is 0 Å². The number of rotatable bonds is 6. The van der Waals surface area contributed by atoms with Gasteiger partial charge in [0, 0.05) is 60.7 Å². The Morgan fingerprint density at radius 2 is 1.94 bits per heavy atom. The van der Waals surface area contributed by atoms with Crippen molar-refractivity contribution >= 4 is 23.2 Å². The van der Waals surface area contributed by atoms with Crippen LogP contribution >= 0.6 is 0 Å². The van der Waals surface area contributed by atoms with Crippen molar-refractivity contribution in [1.82, 2.24) is 19.9 Å². The van der Waals surface area contributed by atoms with Gasteiger partial charge in [-0.15, -0.1) is 0 Å². The largest absolute Gasteiger partial charge is 0.388 e. The number of aromatic nitrogens is 2. The van der Waals surface area contributed by atoms with E-state index in [1.807, 2.05) is 61.3 Å². The van der Waals surface area contributed by atoms with E-state index in [2.05, 4.69) is 15.5 Å². The summed E-state index contributed by atoms with van der Waals surface area (Å²) in [6.07, 6.45) is 1.45. The molecule has 1 atom stereocenters. The van der Waals surface area contributed by atoms with Crippen molar-refractivity contribution in [3.8, 4) is 11.4 Å². The van der Waals surface area contributed by atoms with Crippen LogP contribution in [-0.4, -0.2) is 63.6 Å². The number of benzene rings is 2. The number of nitrogens with zero attached hydrogens (tertiary/aromatic N) is 4. The number of hydrogen-bond donors (Lipinski definition) is 2. The van der Waals surface area contributed by atoms with Gasteiger partial charge in [-0.1, -0.05) is 35.5 Å². The Morgan fingerprint density at radius 1 is 1.19 bits per heavy atom. The van der Waals surface area contributed by atoms with Crippen molar-refractivity contribution in [3.05, 3.63) is 65.0 Å². The second-order valence-corrected chi connectivity index (χ2v) is 9.46. The summed E-state index contributed by atoms with van der Waals surface area (Å²) in [5, 5.41) is 15.2. The molecule has 2 aliphatic heterocycles. The van der Waals surface area contributed by atoms with Gasteiger partial charge in [0.25, 0.3) is 5.91 Å². The van der Waals surface area contributed by atoms with Crippen molar-refractivity contribution in [2.75, 3.05) is 25.5 Å². The third-order valence-corrected chi connectivity index (χ3v) is 7.22. The second-order valence-electron chi connectivity index (χ2n) is 9.46. The zero-order valence-electron chi connectivity index (χ0n) is 20.7. The zero-order valence-corrected chi connectivity index (χ0v) is 20.7. The summed E-state index contributed by atoms with van der Waals surface area (Å²) in [6.45, 7) is 5.20. The van der Waals surface area contributed by atoms with Crippen molar-refractivity contribution in [3.63, 3.8) is 0 Å². The van der Waals surface area contributed by atoms with Crippen LogP contribution in [0.15, 0.2) is 47.0 Å². The molecule has 2 aromatic carbocycles. The monoisotopic (exact) mass is 486 g/mol. The number of anilines is 1. The van der Waals surface area contributed by atoms with Crippen LogP contribution < -0.4 is 5.32 Å². The molecule has 3 heterocycles. The quantitative estimate of drug-likeness (QED) is 0.511. The lowest BCUT2D eigenvalue weighted by atomic mass is 9.96. The molecule has 5 rings (SSSR count). The predicted molar refractivity (Wildman–Crippen MR) is 136 cm³/mol.